The lowest BCUT2D eigenvalue weighted by Gasteiger charge is -2.14. The van der Waals surface area contributed by atoms with Crippen molar-refractivity contribution in [2.75, 3.05) is 6.54 Å². The molecule has 5 heteroatoms. The Morgan fingerprint density at radius 1 is 1.45 bits per heavy atom. The van der Waals surface area contributed by atoms with E-state index in [0.29, 0.717) is 19.4 Å². The smallest absolute Gasteiger partial charge is 0.226 e. The van der Waals surface area contributed by atoms with Crippen LogP contribution in [-0.2, 0) is 16.6 Å². The van der Waals surface area contributed by atoms with Gasteiger partial charge in [-0.25, -0.2) is 4.98 Å². The Morgan fingerprint density at radius 2 is 2.10 bits per heavy atom. The molecule has 1 aromatic heterocycles. The fourth-order valence-corrected chi connectivity index (χ4v) is 2.56. The molecule has 1 rings (SSSR count). The zero-order chi connectivity index (χ0) is 15.3. The summed E-state index contributed by atoms with van der Waals surface area (Å²) in [5, 5.41) is 15.5. The summed E-state index contributed by atoms with van der Waals surface area (Å²) in [6, 6.07) is 0. The van der Waals surface area contributed by atoms with E-state index in [4.69, 9.17) is 0 Å². The van der Waals surface area contributed by atoms with Crippen LogP contribution in [0.25, 0.3) is 0 Å². The largest absolute Gasteiger partial charge is 0.393 e. The number of hydrogen-bond acceptors (Lipinski definition) is 4. The summed E-state index contributed by atoms with van der Waals surface area (Å²) < 4.78 is 0. The molecule has 1 aromatic rings. The molecule has 0 saturated heterocycles. The minimum atomic E-state index is -0.359. The van der Waals surface area contributed by atoms with Crippen molar-refractivity contribution >= 4 is 17.2 Å². The monoisotopic (exact) mass is 298 g/mol. The average molecular weight is 298 g/mol. The molecule has 1 unspecified atom stereocenters. The molecule has 0 spiro atoms. The van der Waals surface area contributed by atoms with Crippen molar-refractivity contribution in [1.29, 1.82) is 0 Å². The number of amides is 1. The van der Waals surface area contributed by atoms with Gasteiger partial charge >= 0.3 is 0 Å². The predicted octanol–water partition coefficient (Wildman–Crippen LogP) is 2.51. The number of carbonyl (C=O) groups excluding carboxylic acids is 1. The van der Waals surface area contributed by atoms with E-state index in [2.05, 4.69) is 31.1 Å². The highest BCUT2D eigenvalue weighted by Crippen LogP contribution is 2.25. The van der Waals surface area contributed by atoms with Crippen LogP contribution in [0.5, 0.6) is 0 Å². The number of aliphatic hydroxyl groups is 1. The van der Waals surface area contributed by atoms with Crippen LogP contribution >= 0.6 is 11.3 Å². The maximum absolute atomic E-state index is 11.8. The lowest BCUT2D eigenvalue weighted by molar-refractivity contribution is -0.120. The molecule has 0 saturated carbocycles. The van der Waals surface area contributed by atoms with Crippen LogP contribution in [0.15, 0.2) is 5.38 Å². The second-order valence-electron chi connectivity index (χ2n) is 6.52. The maximum atomic E-state index is 11.8. The van der Waals surface area contributed by atoms with Crippen LogP contribution in [0.1, 0.15) is 51.7 Å². The first-order chi connectivity index (χ1) is 9.20. The summed E-state index contributed by atoms with van der Waals surface area (Å²) in [4.78, 5) is 16.3. The van der Waals surface area contributed by atoms with Crippen molar-refractivity contribution < 1.29 is 9.90 Å². The van der Waals surface area contributed by atoms with Crippen molar-refractivity contribution in [1.82, 2.24) is 10.3 Å². The number of thiazole rings is 1. The Morgan fingerprint density at radius 3 is 2.60 bits per heavy atom. The van der Waals surface area contributed by atoms with Crippen molar-refractivity contribution in [3.8, 4) is 0 Å². The van der Waals surface area contributed by atoms with Crippen LogP contribution in [0.2, 0.25) is 0 Å². The minimum Gasteiger partial charge on any atom is -0.393 e. The first-order valence-electron chi connectivity index (χ1n) is 7.09. The first-order valence-corrected chi connectivity index (χ1v) is 7.97. The summed E-state index contributed by atoms with van der Waals surface area (Å²) in [5.41, 5.74) is 0.850. The molecule has 0 aliphatic heterocycles. The summed E-state index contributed by atoms with van der Waals surface area (Å²) in [6.07, 6.45) is 0.542. The van der Waals surface area contributed by atoms with Gasteiger partial charge in [-0.3, -0.25) is 4.79 Å². The van der Waals surface area contributed by atoms with Crippen molar-refractivity contribution in [3.05, 3.63) is 16.1 Å². The Bertz CT molecular complexity index is 435. The average Bonchev–Trinajstić information content (AvgIpc) is 2.76. The van der Waals surface area contributed by atoms with Gasteiger partial charge in [0, 0.05) is 17.3 Å². The number of rotatable bonds is 6. The van der Waals surface area contributed by atoms with E-state index < -0.39 is 0 Å². The highest BCUT2D eigenvalue weighted by molar-refractivity contribution is 7.09. The van der Waals surface area contributed by atoms with Gasteiger partial charge in [0.2, 0.25) is 5.91 Å². The van der Waals surface area contributed by atoms with Crippen LogP contribution in [0.3, 0.4) is 0 Å². The molecule has 0 aromatic carbocycles. The van der Waals surface area contributed by atoms with Gasteiger partial charge in [0.05, 0.1) is 23.2 Å². The Labute approximate surface area is 125 Å². The fourth-order valence-electron chi connectivity index (χ4n) is 1.65. The molecule has 114 valence electrons. The standard InChI is InChI=1S/C15H26N2O2S/c1-10(2)12(18)6-7-16-13(19)8-11-9-20-14(17-11)15(3,4)5/h9-10,12,18H,6-8H2,1-5H3,(H,16,19). The Kier molecular flexibility index (Phi) is 6.14. The topological polar surface area (TPSA) is 62.2 Å². The summed E-state index contributed by atoms with van der Waals surface area (Å²) in [5.74, 6) is 0.187. The van der Waals surface area contributed by atoms with Gasteiger partial charge in [-0.1, -0.05) is 34.6 Å². The quantitative estimate of drug-likeness (QED) is 0.848. The fraction of sp³-hybridized carbons (Fsp3) is 0.733. The maximum Gasteiger partial charge on any atom is 0.226 e. The van der Waals surface area contributed by atoms with Crippen LogP contribution in [0.4, 0.5) is 0 Å². The molecule has 0 bridgehead atoms. The Balaban J connectivity index is 2.38. The van der Waals surface area contributed by atoms with E-state index in [9.17, 15) is 9.90 Å². The highest BCUT2D eigenvalue weighted by Gasteiger charge is 2.18. The normalized spacial score (nSPS) is 13.6. The summed E-state index contributed by atoms with van der Waals surface area (Å²) in [7, 11) is 0. The van der Waals surface area contributed by atoms with Crippen molar-refractivity contribution in [3.63, 3.8) is 0 Å². The molecule has 2 N–H and O–H groups in total. The molecule has 0 aliphatic rings. The van der Waals surface area contributed by atoms with E-state index in [1.807, 2.05) is 19.2 Å². The number of carbonyl (C=O) groups is 1. The first kappa shape index (κ1) is 17.1. The SMILES string of the molecule is CC(C)C(O)CCNC(=O)Cc1csc(C(C)(C)C)n1. The van der Waals surface area contributed by atoms with Gasteiger partial charge in [0.15, 0.2) is 0 Å². The zero-order valence-corrected chi connectivity index (χ0v) is 13.9. The van der Waals surface area contributed by atoms with Crippen molar-refractivity contribution in [2.45, 2.75) is 59.0 Å². The number of hydrogen-bond donors (Lipinski definition) is 2. The van der Waals surface area contributed by atoms with Gasteiger partial charge < -0.3 is 10.4 Å². The van der Waals surface area contributed by atoms with E-state index in [1.165, 1.54) is 0 Å². The predicted molar refractivity (Wildman–Crippen MR) is 83.0 cm³/mol. The van der Waals surface area contributed by atoms with Gasteiger partial charge in [-0.15, -0.1) is 11.3 Å². The lowest BCUT2D eigenvalue weighted by Crippen LogP contribution is -2.29. The zero-order valence-electron chi connectivity index (χ0n) is 13.1. The molecular formula is C15H26N2O2S. The van der Waals surface area contributed by atoms with Gasteiger partial charge in [-0.05, 0) is 12.3 Å². The minimum absolute atomic E-state index is 0.0285. The molecule has 1 heterocycles. The van der Waals surface area contributed by atoms with E-state index in [1.54, 1.807) is 11.3 Å². The second kappa shape index (κ2) is 7.18. The molecule has 0 radical (unpaired) electrons. The summed E-state index contributed by atoms with van der Waals surface area (Å²) in [6.45, 7) is 10.8. The van der Waals surface area contributed by atoms with E-state index in [0.717, 1.165) is 10.7 Å². The van der Waals surface area contributed by atoms with Crippen molar-refractivity contribution in [2.24, 2.45) is 5.92 Å². The molecule has 0 aliphatic carbocycles. The van der Waals surface area contributed by atoms with E-state index in [-0.39, 0.29) is 23.3 Å². The van der Waals surface area contributed by atoms with Gasteiger partial charge in [0.25, 0.3) is 0 Å². The molecule has 0 fully saturated rings. The van der Waals surface area contributed by atoms with Gasteiger partial charge in [0.1, 0.15) is 0 Å². The molecule has 1 atom stereocenters. The third-order valence-corrected chi connectivity index (χ3v) is 4.38. The Hall–Kier alpha value is -0.940. The van der Waals surface area contributed by atoms with E-state index >= 15 is 0 Å². The lowest BCUT2D eigenvalue weighted by atomic mass is 9.98. The number of nitrogens with zero attached hydrogens (tertiary/aromatic N) is 1. The molecular weight excluding hydrogens is 272 g/mol. The second-order valence-corrected chi connectivity index (χ2v) is 7.38. The third kappa shape index (κ3) is 5.59. The highest BCUT2D eigenvalue weighted by atomic mass is 32.1. The van der Waals surface area contributed by atoms with Crippen LogP contribution < -0.4 is 5.32 Å². The number of aromatic nitrogens is 1. The molecule has 20 heavy (non-hydrogen) atoms. The van der Waals surface area contributed by atoms with Crippen LogP contribution in [-0.4, -0.2) is 28.6 Å². The summed E-state index contributed by atoms with van der Waals surface area (Å²) >= 11 is 1.60. The number of aliphatic hydroxyl groups excluding tert-OH is 1. The van der Waals surface area contributed by atoms with Crippen LogP contribution in [0, 0.1) is 5.92 Å². The molecule has 1 amide bonds. The number of nitrogens with one attached hydrogen (secondary N) is 1. The third-order valence-electron chi connectivity index (χ3n) is 3.07. The van der Waals surface area contributed by atoms with Gasteiger partial charge in [-0.2, -0.15) is 0 Å². The molecule has 4 nitrogen and oxygen atoms in total.